The van der Waals surface area contributed by atoms with Crippen molar-refractivity contribution in [2.75, 3.05) is 0 Å². The summed E-state index contributed by atoms with van der Waals surface area (Å²) in [6, 6.07) is 5.10. The maximum atomic E-state index is 6.13. The SMILES string of the molecule is Cc1sc2ncnc(Oc3ccc(Cl)cc3Cl)c2c1C. The number of aryl methyl sites for hydroxylation is 2. The Morgan fingerprint density at radius 2 is 1.95 bits per heavy atom. The fourth-order valence-corrected chi connectivity index (χ4v) is 3.32. The van der Waals surface area contributed by atoms with E-state index < -0.39 is 0 Å². The van der Waals surface area contributed by atoms with E-state index in [-0.39, 0.29) is 0 Å². The van der Waals surface area contributed by atoms with E-state index in [1.165, 1.54) is 11.2 Å². The van der Waals surface area contributed by atoms with E-state index in [2.05, 4.69) is 16.9 Å². The number of halogens is 2. The van der Waals surface area contributed by atoms with Gasteiger partial charge < -0.3 is 4.74 Å². The maximum absolute atomic E-state index is 6.13. The van der Waals surface area contributed by atoms with Crippen LogP contribution in [0.15, 0.2) is 24.5 Å². The highest BCUT2D eigenvalue weighted by atomic mass is 35.5. The van der Waals surface area contributed by atoms with E-state index >= 15 is 0 Å². The molecule has 0 radical (unpaired) electrons. The summed E-state index contributed by atoms with van der Waals surface area (Å²) in [4.78, 5) is 10.6. The lowest BCUT2D eigenvalue weighted by atomic mass is 10.2. The zero-order valence-corrected chi connectivity index (χ0v) is 13.1. The van der Waals surface area contributed by atoms with E-state index in [0.717, 1.165) is 15.8 Å². The second-order valence-electron chi connectivity index (χ2n) is 4.32. The van der Waals surface area contributed by atoms with Gasteiger partial charge in [-0.3, -0.25) is 0 Å². The molecule has 0 aliphatic heterocycles. The molecule has 1 aromatic carbocycles. The highest BCUT2D eigenvalue weighted by molar-refractivity contribution is 7.18. The van der Waals surface area contributed by atoms with Gasteiger partial charge in [0.2, 0.25) is 5.88 Å². The van der Waals surface area contributed by atoms with Crippen LogP contribution >= 0.6 is 34.5 Å². The van der Waals surface area contributed by atoms with Gasteiger partial charge in [0.15, 0.2) is 0 Å². The number of thiophene rings is 1. The summed E-state index contributed by atoms with van der Waals surface area (Å²) in [6.07, 6.45) is 1.50. The fourth-order valence-electron chi connectivity index (χ4n) is 1.89. The number of ether oxygens (including phenoxy) is 1. The van der Waals surface area contributed by atoms with Crippen LogP contribution < -0.4 is 4.74 Å². The van der Waals surface area contributed by atoms with Gasteiger partial charge in [0.05, 0.1) is 10.4 Å². The van der Waals surface area contributed by atoms with Crippen molar-refractivity contribution in [1.29, 1.82) is 0 Å². The van der Waals surface area contributed by atoms with E-state index in [9.17, 15) is 0 Å². The second-order valence-corrected chi connectivity index (χ2v) is 6.37. The fraction of sp³-hybridized carbons (Fsp3) is 0.143. The van der Waals surface area contributed by atoms with Crippen LogP contribution in [0.3, 0.4) is 0 Å². The monoisotopic (exact) mass is 324 g/mol. The number of hydrogen-bond acceptors (Lipinski definition) is 4. The molecule has 0 spiro atoms. The van der Waals surface area contributed by atoms with Gasteiger partial charge in [-0.05, 0) is 37.6 Å². The van der Waals surface area contributed by atoms with Crippen molar-refractivity contribution < 1.29 is 4.74 Å². The Hall–Kier alpha value is -1.36. The summed E-state index contributed by atoms with van der Waals surface area (Å²) in [5.41, 5.74) is 1.13. The molecular weight excluding hydrogens is 315 g/mol. The maximum Gasteiger partial charge on any atom is 0.231 e. The summed E-state index contributed by atoms with van der Waals surface area (Å²) in [7, 11) is 0. The zero-order valence-electron chi connectivity index (χ0n) is 10.8. The van der Waals surface area contributed by atoms with Crippen LogP contribution in [0.25, 0.3) is 10.2 Å². The predicted molar refractivity (Wildman–Crippen MR) is 83.4 cm³/mol. The second kappa shape index (κ2) is 5.20. The van der Waals surface area contributed by atoms with Gasteiger partial charge in [0.25, 0.3) is 0 Å². The van der Waals surface area contributed by atoms with E-state index in [1.807, 2.05) is 6.92 Å². The largest absolute Gasteiger partial charge is 0.437 e. The van der Waals surface area contributed by atoms with Gasteiger partial charge >= 0.3 is 0 Å². The Morgan fingerprint density at radius 1 is 1.15 bits per heavy atom. The molecule has 0 aliphatic rings. The number of fused-ring (bicyclic) bond motifs is 1. The minimum atomic E-state index is 0.453. The lowest BCUT2D eigenvalue weighted by molar-refractivity contribution is 0.468. The van der Waals surface area contributed by atoms with Crippen LogP contribution in [0.2, 0.25) is 10.0 Å². The van der Waals surface area contributed by atoms with Crippen molar-refractivity contribution in [3.05, 3.63) is 45.0 Å². The van der Waals surface area contributed by atoms with Gasteiger partial charge in [-0.1, -0.05) is 23.2 Å². The third-order valence-corrected chi connectivity index (χ3v) is 4.68. The number of rotatable bonds is 2. The van der Waals surface area contributed by atoms with Crippen molar-refractivity contribution in [2.24, 2.45) is 0 Å². The number of aromatic nitrogens is 2. The first-order chi connectivity index (χ1) is 9.56. The van der Waals surface area contributed by atoms with Gasteiger partial charge in [0, 0.05) is 9.90 Å². The quantitative estimate of drug-likeness (QED) is 0.632. The van der Waals surface area contributed by atoms with Gasteiger partial charge in [-0.2, -0.15) is 0 Å². The van der Waals surface area contributed by atoms with Crippen molar-refractivity contribution in [3.63, 3.8) is 0 Å². The van der Waals surface area contributed by atoms with Crippen LogP contribution in [0.4, 0.5) is 0 Å². The van der Waals surface area contributed by atoms with E-state index in [1.54, 1.807) is 29.5 Å². The molecule has 2 heterocycles. The zero-order chi connectivity index (χ0) is 14.3. The Balaban J connectivity index is 2.11. The predicted octanol–water partition coefficient (Wildman–Crippen LogP) is 5.41. The van der Waals surface area contributed by atoms with Crippen LogP contribution in [-0.2, 0) is 0 Å². The molecule has 0 saturated carbocycles. The van der Waals surface area contributed by atoms with Crippen molar-refractivity contribution in [3.8, 4) is 11.6 Å². The highest BCUT2D eigenvalue weighted by Crippen LogP contribution is 2.37. The van der Waals surface area contributed by atoms with Crippen molar-refractivity contribution in [2.45, 2.75) is 13.8 Å². The summed E-state index contributed by atoms with van der Waals surface area (Å²) in [5, 5.41) is 1.95. The molecule has 2 aromatic heterocycles. The molecule has 0 bridgehead atoms. The van der Waals surface area contributed by atoms with Crippen molar-refractivity contribution in [1.82, 2.24) is 9.97 Å². The smallest absolute Gasteiger partial charge is 0.231 e. The first kappa shape index (κ1) is 13.6. The molecule has 6 heteroatoms. The molecule has 0 saturated heterocycles. The van der Waals surface area contributed by atoms with Crippen LogP contribution in [0.1, 0.15) is 10.4 Å². The highest BCUT2D eigenvalue weighted by Gasteiger charge is 2.14. The van der Waals surface area contributed by atoms with Crippen LogP contribution in [-0.4, -0.2) is 9.97 Å². The first-order valence-electron chi connectivity index (χ1n) is 5.90. The third-order valence-electron chi connectivity index (χ3n) is 3.03. The molecule has 3 rings (SSSR count). The molecule has 0 amide bonds. The summed E-state index contributed by atoms with van der Waals surface area (Å²) in [6.45, 7) is 4.09. The average Bonchev–Trinajstić information content (AvgIpc) is 2.69. The number of benzene rings is 1. The van der Waals surface area contributed by atoms with E-state index in [4.69, 9.17) is 27.9 Å². The summed E-state index contributed by atoms with van der Waals surface area (Å²) < 4.78 is 5.84. The first-order valence-corrected chi connectivity index (χ1v) is 7.47. The summed E-state index contributed by atoms with van der Waals surface area (Å²) in [5.74, 6) is 1.04. The van der Waals surface area contributed by atoms with Gasteiger partial charge in [0.1, 0.15) is 16.9 Å². The molecule has 3 aromatic rings. The van der Waals surface area contributed by atoms with Gasteiger partial charge in [-0.25, -0.2) is 9.97 Å². The topological polar surface area (TPSA) is 35.0 Å². The number of nitrogens with zero attached hydrogens (tertiary/aromatic N) is 2. The Bertz CT molecular complexity index is 801. The van der Waals surface area contributed by atoms with Gasteiger partial charge in [-0.15, -0.1) is 11.3 Å². The minimum Gasteiger partial charge on any atom is -0.437 e. The Kier molecular flexibility index (Phi) is 3.54. The molecule has 0 N–H and O–H groups in total. The molecule has 0 unspecified atom stereocenters. The normalized spacial score (nSPS) is 11.0. The third kappa shape index (κ3) is 2.35. The molecule has 0 fully saturated rings. The Labute approximate surface area is 130 Å². The van der Waals surface area contributed by atoms with Crippen molar-refractivity contribution >= 4 is 44.8 Å². The molecule has 3 nitrogen and oxygen atoms in total. The molecule has 0 atom stereocenters. The standard InChI is InChI=1S/C14H10Cl2N2OS/c1-7-8(2)20-14-12(7)13(17-6-18-14)19-11-4-3-9(15)5-10(11)16/h3-6H,1-2H3. The summed E-state index contributed by atoms with van der Waals surface area (Å²) >= 11 is 13.6. The molecule has 102 valence electrons. The molecular formula is C14H10Cl2N2OS. The molecule has 20 heavy (non-hydrogen) atoms. The number of hydrogen-bond donors (Lipinski definition) is 0. The van der Waals surface area contributed by atoms with E-state index in [0.29, 0.717) is 21.7 Å². The Morgan fingerprint density at radius 3 is 2.70 bits per heavy atom. The lowest BCUT2D eigenvalue weighted by Crippen LogP contribution is -1.91. The molecule has 0 aliphatic carbocycles. The van der Waals surface area contributed by atoms with Crippen LogP contribution in [0, 0.1) is 13.8 Å². The lowest BCUT2D eigenvalue weighted by Gasteiger charge is -2.08. The minimum absolute atomic E-state index is 0.453. The van der Waals surface area contributed by atoms with Crippen LogP contribution in [0.5, 0.6) is 11.6 Å². The average molecular weight is 325 g/mol.